The Balaban J connectivity index is 2.68. The summed E-state index contributed by atoms with van der Waals surface area (Å²) in [5, 5.41) is 9.46. The van der Waals surface area contributed by atoms with E-state index in [1.54, 1.807) is 20.8 Å². The first kappa shape index (κ1) is 25.0. The van der Waals surface area contributed by atoms with Gasteiger partial charge in [-0.3, -0.25) is 0 Å². The van der Waals surface area contributed by atoms with Crippen LogP contribution in [0.2, 0.25) is 0 Å². The summed E-state index contributed by atoms with van der Waals surface area (Å²) in [6.07, 6.45) is -0.754. The first-order valence-corrected chi connectivity index (χ1v) is 10.2. The van der Waals surface area contributed by atoms with Crippen LogP contribution < -0.4 is 5.32 Å². The number of benzene rings is 1. The second-order valence-electron chi connectivity index (χ2n) is 7.10. The Labute approximate surface area is 178 Å². The van der Waals surface area contributed by atoms with Crippen molar-refractivity contribution in [1.82, 2.24) is 5.32 Å². The predicted molar refractivity (Wildman–Crippen MR) is 114 cm³/mol. The lowest BCUT2D eigenvalue weighted by Crippen LogP contribution is -2.46. The van der Waals surface area contributed by atoms with E-state index in [1.807, 2.05) is 30.3 Å². The monoisotopic (exact) mass is 435 g/mol. The number of esters is 1. The third-order valence-corrected chi connectivity index (χ3v) is 4.55. The van der Waals surface area contributed by atoms with E-state index in [1.165, 1.54) is 11.8 Å². The molecule has 0 unspecified atom stereocenters. The maximum Gasteiger partial charge on any atom is 0.408 e. The number of carbonyl (C=O) groups excluding carboxylic acids is 2. The molecule has 0 aliphatic carbocycles. The summed E-state index contributed by atoms with van der Waals surface area (Å²) < 4.78 is 10.5. The van der Waals surface area contributed by atoms with Gasteiger partial charge in [-0.05, 0) is 37.4 Å². The fourth-order valence-corrected chi connectivity index (χ4v) is 3.13. The summed E-state index contributed by atoms with van der Waals surface area (Å²) in [5.41, 5.74) is 17.1. The number of nitrogens with zero attached hydrogens (tertiary/aromatic N) is 6. The van der Waals surface area contributed by atoms with Gasteiger partial charge < -0.3 is 14.8 Å². The molecule has 1 rings (SSSR count). The first-order valence-electron chi connectivity index (χ1n) is 9.08. The van der Waals surface area contributed by atoms with Gasteiger partial charge in [0.15, 0.2) is 0 Å². The topological polar surface area (TPSA) is 162 Å². The minimum Gasteiger partial charge on any atom is -0.458 e. The molecule has 0 saturated carbocycles. The molecule has 162 valence electrons. The van der Waals surface area contributed by atoms with E-state index >= 15 is 0 Å². The summed E-state index contributed by atoms with van der Waals surface area (Å²) in [4.78, 5) is 30.0. The van der Waals surface area contributed by atoms with Gasteiger partial charge in [0.2, 0.25) is 0 Å². The number of rotatable bonds is 11. The Kier molecular flexibility index (Phi) is 11.0. The molecule has 0 saturated heterocycles. The Morgan fingerprint density at radius 1 is 1.17 bits per heavy atom. The molecule has 0 aliphatic heterocycles. The molecule has 0 spiro atoms. The van der Waals surface area contributed by atoms with Crippen molar-refractivity contribution in [2.24, 2.45) is 10.2 Å². The van der Waals surface area contributed by atoms with E-state index in [2.05, 4.69) is 25.4 Å². The highest BCUT2D eigenvalue weighted by Gasteiger charge is 2.27. The van der Waals surface area contributed by atoms with E-state index in [0.29, 0.717) is 5.75 Å². The van der Waals surface area contributed by atoms with Gasteiger partial charge >= 0.3 is 12.1 Å². The fourth-order valence-electron chi connectivity index (χ4n) is 2.10. The number of hydrogen-bond donors (Lipinski definition) is 1. The van der Waals surface area contributed by atoms with Crippen LogP contribution in [0.5, 0.6) is 0 Å². The van der Waals surface area contributed by atoms with Crippen molar-refractivity contribution in [1.29, 1.82) is 0 Å². The van der Waals surface area contributed by atoms with Crippen LogP contribution in [-0.4, -0.2) is 47.8 Å². The summed E-state index contributed by atoms with van der Waals surface area (Å²) in [6, 6.07) is 7.59. The van der Waals surface area contributed by atoms with Crippen LogP contribution in [0.4, 0.5) is 4.79 Å². The van der Waals surface area contributed by atoms with Crippen molar-refractivity contribution < 1.29 is 19.1 Å². The zero-order valence-electron chi connectivity index (χ0n) is 17.1. The molecule has 12 heteroatoms. The van der Waals surface area contributed by atoms with Crippen molar-refractivity contribution in [2.45, 2.75) is 45.1 Å². The minimum absolute atomic E-state index is 0.00277. The van der Waals surface area contributed by atoms with Gasteiger partial charge in [0.05, 0.1) is 6.04 Å². The second-order valence-corrected chi connectivity index (χ2v) is 8.18. The lowest BCUT2D eigenvalue weighted by molar-refractivity contribution is -0.156. The average Bonchev–Trinajstić information content (AvgIpc) is 2.69. The Morgan fingerprint density at radius 2 is 1.87 bits per heavy atom. The number of nitrogens with one attached hydrogen (secondary N) is 1. The van der Waals surface area contributed by atoms with E-state index in [-0.39, 0.29) is 18.9 Å². The Bertz CT molecular complexity index is 787. The highest BCUT2D eigenvalue weighted by Crippen LogP contribution is 2.14. The number of hydrogen-bond acceptors (Lipinski definition) is 7. The zero-order valence-corrected chi connectivity index (χ0v) is 17.9. The van der Waals surface area contributed by atoms with Crippen LogP contribution in [0.25, 0.3) is 20.9 Å². The lowest BCUT2D eigenvalue weighted by atomic mass is 10.2. The zero-order chi connectivity index (χ0) is 22.4. The van der Waals surface area contributed by atoms with Crippen molar-refractivity contribution in [2.75, 3.05) is 18.1 Å². The SMILES string of the molecule is CC(C)(C)OC(=O)[C@H](CSC[C@@H](CN=[N+]=[N-])N=[N+]=[N-])NC(=O)OCc1ccccc1. The lowest BCUT2D eigenvalue weighted by Gasteiger charge is -2.24. The molecule has 1 aromatic rings. The van der Waals surface area contributed by atoms with E-state index < -0.39 is 29.7 Å². The van der Waals surface area contributed by atoms with Crippen LogP contribution >= 0.6 is 11.8 Å². The average molecular weight is 436 g/mol. The highest BCUT2D eigenvalue weighted by molar-refractivity contribution is 7.99. The molecular weight excluding hydrogens is 410 g/mol. The van der Waals surface area contributed by atoms with Crippen LogP contribution in [0.15, 0.2) is 40.6 Å². The molecule has 0 fully saturated rings. The van der Waals surface area contributed by atoms with Gasteiger partial charge in [-0.2, -0.15) is 11.8 Å². The van der Waals surface area contributed by atoms with Crippen molar-refractivity contribution in [3.8, 4) is 0 Å². The van der Waals surface area contributed by atoms with E-state index in [0.717, 1.165) is 5.56 Å². The van der Waals surface area contributed by atoms with Gasteiger partial charge in [-0.1, -0.05) is 40.6 Å². The summed E-state index contributed by atoms with van der Waals surface area (Å²) in [7, 11) is 0. The molecule has 30 heavy (non-hydrogen) atoms. The summed E-state index contributed by atoms with van der Waals surface area (Å²) in [5.74, 6) is -0.159. The maximum absolute atomic E-state index is 12.5. The number of carbonyl (C=O) groups is 2. The van der Waals surface area contributed by atoms with Gasteiger partial charge in [-0.15, -0.1) is 0 Å². The molecule has 1 amide bonds. The third kappa shape index (κ3) is 11.1. The first-order chi connectivity index (χ1) is 14.2. The third-order valence-electron chi connectivity index (χ3n) is 3.36. The number of alkyl carbamates (subject to hydrolysis) is 1. The summed E-state index contributed by atoms with van der Waals surface area (Å²) in [6.45, 7) is 5.23. The van der Waals surface area contributed by atoms with Gasteiger partial charge in [0.1, 0.15) is 18.2 Å². The Morgan fingerprint density at radius 3 is 2.47 bits per heavy atom. The second kappa shape index (κ2) is 13.2. The highest BCUT2D eigenvalue weighted by atomic mass is 32.2. The molecule has 0 aromatic heterocycles. The summed E-state index contributed by atoms with van der Waals surface area (Å²) >= 11 is 1.25. The molecule has 1 aromatic carbocycles. The van der Waals surface area contributed by atoms with Crippen molar-refractivity contribution >= 4 is 23.8 Å². The fraction of sp³-hybridized carbons (Fsp3) is 0.556. The smallest absolute Gasteiger partial charge is 0.408 e. The van der Waals surface area contributed by atoms with Crippen LogP contribution in [0.1, 0.15) is 26.3 Å². The maximum atomic E-state index is 12.5. The molecular formula is C18H25N7O4S. The standard InChI is InChI=1S/C18H25N7O4S/c1-18(2,3)29-16(26)15(12-30-11-14(23-25-20)9-21-24-19)22-17(27)28-10-13-7-5-4-6-8-13/h4-8,14-15H,9-12H2,1-3H3,(H,22,27)/t14-,15+/m1/s1. The van der Waals surface area contributed by atoms with E-state index in [9.17, 15) is 9.59 Å². The largest absolute Gasteiger partial charge is 0.458 e. The normalized spacial score (nSPS) is 12.5. The van der Waals surface area contributed by atoms with E-state index in [4.69, 9.17) is 20.5 Å². The van der Waals surface area contributed by atoms with Crippen molar-refractivity contribution in [3.05, 3.63) is 56.8 Å². The number of azide groups is 2. The molecule has 1 N–H and O–H groups in total. The molecule has 0 aliphatic rings. The molecule has 11 nitrogen and oxygen atoms in total. The number of ether oxygens (including phenoxy) is 2. The van der Waals surface area contributed by atoms with Gasteiger partial charge in [0, 0.05) is 27.9 Å². The molecule has 0 heterocycles. The van der Waals surface area contributed by atoms with Gasteiger partial charge in [0.25, 0.3) is 0 Å². The van der Waals surface area contributed by atoms with Crippen LogP contribution in [0, 0.1) is 0 Å². The minimum atomic E-state index is -0.969. The Hall–Kier alpha value is -3.07. The van der Waals surface area contributed by atoms with Crippen LogP contribution in [0.3, 0.4) is 0 Å². The number of thioether (sulfide) groups is 1. The van der Waals surface area contributed by atoms with Gasteiger partial charge in [-0.25, -0.2) is 9.59 Å². The van der Waals surface area contributed by atoms with Crippen LogP contribution in [-0.2, 0) is 20.9 Å². The predicted octanol–water partition coefficient (Wildman–Crippen LogP) is 4.35. The molecule has 2 atom stereocenters. The van der Waals surface area contributed by atoms with Crippen molar-refractivity contribution in [3.63, 3.8) is 0 Å². The molecule has 0 bridgehead atoms. The number of amides is 1. The molecule has 0 radical (unpaired) electrons. The quantitative estimate of drug-likeness (QED) is 0.236.